The Kier molecular flexibility index (Phi) is 3.95. The summed E-state index contributed by atoms with van der Waals surface area (Å²) in [7, 11) is -2.02. The van der Waals surface area contributed by atoms with Crippen LogP contribution in [-0.2, 0) is 21.4 Å². The van der Waals surface area contributed by atoms with Gasteiger partial charge in [0.15, 0.2) is 5.13 Å². The molecule has 0 spiro atoms. The van der Waals surface area contributed by atoms with Crippen molar-refractivity contribution in [1.29, 1.82) is 0 Å². The van der Waals surface area contributed by atoms with Gasteiger partial charge in [0.1, 0.15) is 0 Å². The number of benzene rings is 1. The van der Waals surface area contributed by atoms with E-state index in [1.807, 2.05) is 6.07 Å². The zero-order chi connectivity index (χ0) is 13.0. The van der Waals surface area contributed by atoms with Crippen molar-refractivity contribution >= 4 is 26.5 Å². The van der Waals surface area contributed by atoms with Gasteiger partial charge in [0.05, 0.1) is 11.5 Å². The van der Waals surface area contributed by atoms with E-state index in [1.165, 1.54) is 17.4 Å². The Morgan fingerprint density at radius 2 is 2.28 bits per heavy atom. The molecule has 0 saturated carbocycles. The number of hydrogen-bond donors (Lipinski definition) is 1. The van der Waals surface area contributed by atoms with Crippen LogP contribution in [0.5, 0.6) is 0 Å². The first kappa shape index (κ1) is 13.0. The molecule has 2 rings (SSSR count). The van der Waals surface area contributed by atoms with Gasteiger partial charge in [-0.2, -0.15) is 0 Å². The van der Waals surface area contributed by atoms with Gasteiger partial charge in [-0.25, -0.2) is 13.4 Å². The normalized spacial score (nSPS) is 11.4. The fourth-order valence-electron chi connectivity index (χ4n) is 1.42. The lowest BCUT2D eigenvalue weighted by Gasteiger charge is -2.06. The molecule has 0 aliphatic carbocycles. The molecule has 0 radical (unpaired) electrons. The molecule has 0 aliphatic rings. The second-order valence-electron chi connectivity index (χ2n) is 3.52. The number of methoxy groups -OCH3 is 1. The van der Waals surface area contributed by atoms with Crippen LogP contribution in [0, 0.1) is 0 Å². The number of anilines is 1. The Hall–Kier alpha value is -1.44. The maximum Gasteiger partial charge on any atom is 0.263 e. The summed E-state index contributed by atoms with van der Waals surface area (Å²) < 4.78 is 31.5. The van der Waals surface area contributed by atoms with Crippen LogP contribution in [0.25, 0.3) is 0 Å². The average Bonchev–Trinajstić information content (AvgIpc) is 2.82. The molecule has 0 fully saturated rings. The highest BCUT2D eigenvalue weighted by Crippen LogP contribution is 2.18. The van der Waals surface area contributed by atoms with E-state index in [1.54, 1.807) is 30.8 Å². The third-order valence-electron chi connectivity index (χ3n) is 2.17. The Labute approximate surface area is 110 Å². The number of ether oxygens (including phenoxy) is 1. The van der Waals surface area contributed by atoms with Crippen LogP contribution >= 0.6 is 11.3 Å². The predicted molar refractivity (Wildman–Crippen MR) is 70.1 cm³/mol. The summed E-state index contributed by atoms with van der Waals surface area (Å²) in [6.45, 7) is 0.376. The van der Waals surface area contributed by atoms with Gasteiger partial charge < -0.3 is 4.74 Å². The summed E-state index contributed by atoms with van der Waals surface area (Å²) >= 11 is 1.23. The number of sulfonamides is 1. The van der Waals surface area contributed by atoms with Gasteiger partial charge in [-0.3, -0.25) is 4.72 Å². The molecule has 0 atom stereocenters. The largest absolute Gasteiger partial charge is 0.380 e. The van der Waals surface area contributed by atoms with Crippen molar-refractivity contribution in [2.45, 2.75) is 11.5 Å². The quantitative estimate of drug-likeness (QED) is 0.913. The molecule has 0 saturated heterocycles. The highest BCUT2D eigenvalue weighted by atomic mass is 32.2. The molecule has 1 heterocycles. The maximum absolute atomic E-state index is 12.1. The lowest BCUT2D eigenvalue weighted by atomic mass is 10.2. The second-order valence-corrected chi connectivity index (χ2v) is 6.10. The van der Waals surface area contributed by atoms with E-state index in [9.17, 15) is 8.42 Å². The molecule has 5 nitrogen and oxygen atoms in total. The van der Waals surface area contributed by atoms with Crippen LogP contribution in [0.3, 0.4) is 0 Å². The third kappa shape index (κ3) is 3.06. The summed E-state index contributed by atoms with van der Waals surface area (Å²) in [5, 5.41) is 2.06. The minimum atomic E-state index is -3.58. The summed E-state index contributed by atoms with van der Waals surface area (Å²) in [4.78, 5) is 4.09. The van der Waals surface area contributed by atoms with Crippen LogP contribution in [-0.4, -0.2) is 20.5 Å². The Balaban J connectivity index is 2.26. The molecule has 1 N–H and O–H groups in total. The Morgan fingerprint density at radius 3 is 2.94 bits per heavy atom. The SMILES string of the molecule is COCc1cccc(S(=O)(=O)Nc2nccs2)c1. The Morgan fingerprint density at radius 1 is 1.44 bits per heavy atom. The second kappa shape index (κ2) is 5.47. The average molecular weight is 284 g/mol. The number of aromatic nitrogens is 1. The predicted octanol–water partition coefficient (Wildman–Crippen LogP) is 2.09. The zero-order valence-corrected chi connectivity index (χ0v) is 11.3. The van der Waals surface area contributed by atoms with Crippen molar-refractivity contribution < 1.29 is 13.2 Å². The molecule has 0 aliphatic heterocycles. The van der Waals surface area contributed by atoms with E-state index in [0.717, 1.165) is 5.56 Å². The molecule has 96 valence electrons. The molecular weight excluding hydrogens is 272 g/mol. The van der Waals surface area contributed by atoms with E-state index in [-0.39, 0.29) is 4.90 Å². The molecule has 1 aromatic carbocycles. The molecular formula is C11H12N2O3S2. The van der Waals surface area contributed by atoms with Crippen molar-refractivity contribution in [2.75, 3.05) is 11.8 Å². The molecule has 0 amide bonds. The smallest absolute Gasteiger partial charge is 0.263 e. The number of nitrogens with one attached hydrogen (secondary N) is 1. The minimum absolute atomic E-state index is 0.201. The summed E-state index contributed by atoms with van der Waals surface area (Å²) in [5.41, 5.74) is 0.805. The van der Waals surface area contributed by atoms with Crippen LogP contribution in [0.15, 0.2) is 40.7 Å². The standard InChI is InChI=1S/C11H12N2O3S2/c1-16-8-9-3-2-4-10(7-9)18(14,15)13-11-12-5-6-17-11/h2-7H,8H2,1H3,(H,12,13). The van der Waals surface area contributed by atoms with Gasteiger partial charge in [0.25, 0.3) is 10.0 Å². The fraction of sp³-hybridized carbons (Fsp3) is 0.182. The van der Waals surface area contributed by atoms with Crippen molar-refractivity contribution in [3.05, 3.63) is 41.4 Å². The lowest BCUT2D eigenvalue weighted by molar-refractivity contribution is 0.184. The van der Waals surface area contributed by atoms with Crippen LogP contribution in [0.4, 0.5) is 5.13 Å². The van der Waals surface area contributed by atoms with Crippen LogP contribution < -0.4 is 4.72 Å². The van der Waals surface area contributed by atoms with Crippen molar-refractivity contribution in [1.82, 2.24) is 4.98 Å². The monoisotopic (exact) mass is 284 g/mol. The molecule has 2 aromatic rings. The van der Waals surface area contributed by atoms with E-state index >= 15 is 0 Å². The molecule has 0 bridgehead atoms. The van der Waals surface area contributed by atoms with Gasteiger partial charge in [-0.15, -0.1) is 11.3 Å². The number of thiazole rings is 1. The van der Waals surface area contributed by atoms with Gasteiger partial charge in [-0.05, 0) is 17.7 Å². The van der Waals surface area contributed by atoms with Crippen molar-refractivity contribution in [2.24, 2.45) is 0 Å². The zero-order valence-electron chi connectivity index (χ0n) is 9.66. The number of nitrogens with zero attached hydrogens (tertiary/aromatic N) is 1. The van der Waals surface area contributed by atoms with Gasteiger partial charge >= 0.3 is 0 Å². The van der Waals surface area contributed by atoms with Crippen LogP contribution in [0.1, 0.15) is 5.56 Å². The number of hydrogen-bond acceptors (Lipinski definition) is 5. The summed E-state index contributed by atoms with van der Waals surface area (Å²) in [6.07, 6.45) is 1.55. The van der Waals surface area contributed by atoms with E-state index in [2.05, 4.69) is 9.71 Å². The topological polar surface area (TPSA) is 68.3 Å². The van der Waals surface area contributed by atoms with Crippen LogP contribution in [0.2, 0.25) is 0 Å². The van der Waals surface area contributed by atoms with Crippen molar-refractivity contribution in [3.8, 4) is 0 Å². The highest BCUT2D eigenvalue weighted by molar-refractivity contribution is 7.93. The molecule has 0 unspecified atom stereocenters. The van der Waals surface area contributed by atoms with Gasteiger partial charge in [0, 0.05) is 18.7 Å². The van der Waals surface area contributed by atoms with Gasteiger partial charge in [-0.1, -0.05) is 12.1 Å². The first-order valence-electron chi connectivity index (χ1n) is 5.12. The first-order valence-corrected chi connectivity index (χ1v) is 7.48. The lowest BCUT2D eigenvalue weighted by Crippen LogP contribution is -2.13. The minimum Gasteiger partial charge on any atom is -0.380 e. The first-order chi connectivity index (χ1) is 8.62. The molecule has 18 heavy (non-hydrogen) atoms. The highest BCUT2D eigenvalue weighted by Gasteiger charge is 2.15. The van der Waals surface area contributed by atoms with E-state index in [4.69, 9.17) is 4.74 Å². The summed E-state index contributed by atoms with van der Waals surface area (Å²) in [5.74, 6) is 0. The Bertz CT molecular complexity index is 609. The van der Waals surface area contributed by atoms with Crippen molar-refractivity contribution in [3.63, 3.8) is 0 Å². The molecule has 7 heteroatoms. The maximum atomic E-state index is 12.1. The van der Waals surface area contributed by atoms with Gasteiger partial charge in [0.2, 0.25) is 0 Å². The number of rotatable bonds is 5. The van der Waals surface area contributed by atoms with E-state index < -0.39 is 10.0 Å². The fourth-order valence-corrected chi connectivity index (χ4v) is 3.28. The summed E-state index contributed by atoms with van der Waals surface area (Å²) in [6, 6.07) is 6.62. The third-order valence-corrected chi connectivity index (χ3v) is 4.33. The van der Waals surface area contributed by atoms with E-state index in [0.29, 0.717) is 11.7 Å². The molecule has 1 aromatic heterocycles.